The molecule has 0 atom stereocenters. The van der Waals surface area contributed by atoms with Crippen molar-refractivity contribution < 1.29 is 9.47 Å². The van der Waals surface area contributed by atoms with Gasteiger partial charge >= 0.3 is 0 Å². The molecule has 4 heteroatoms. The Morgan fingerprint density at radius 1 is 1.06 bits per heavy atom. The molecule has 2 N–H and O–H groups in total. The number of nitrogen functional groups attached to an aromatic ring is 1. The van der Waals surface area contributed by atoms with Crippen LogP contribution in [0.25, 0.3) is 11.1 Å². The molecule has 0 unspecified atom stereocenters. The molecule has 18 heavy (non-hydrogen) atoms. The first-order valence-electron chi connectivity index (χ1n) is 5.48. The second-order valence-corrected chi connectivity index (χ2v) is 4.67. The first-order chi connectivity index (χ1) is 8.70. The number of hydrogen-bond donors (Lipinski definition) is 1. The van der Waals surface area contributed by atoms with Gasteiger partial charge < -0.3 is 15.2 Å². The lowest BCUT2D eigenvalue weighted by Gasteiger charge is -2.09. The number of halogens is 1. The van der Waals surface area contributed by atoms with Gasteiger partial charge in [0.1, 0.15) is 5.75 Å². The summed E-state index contributed by atoms with van der Waals surface area (Å²) in [5, 5.41) is 0. The van der Waals surface area contributed by atoms with Crippen LogP contribution in [0.4, 0.5) is 5.69 Å². The van der Waals surface area contributed by atoms with E-state index in [4.69, 9.17) is 15.2 Å². The van der Waals surface area contributed by atoms with Crippen molar-refractivity contribution in [2.24, 2.45) is 0 Å². The summed E-state index contributed by atoms with van der Waals surface area (Å²) in [5.41, 5.74) is 8.60. The van der Waals surface area contributed by atoms with Gasteiger partial charge in [-0.1, -0.05) is 18.2 Å². The highest BCUT2D eigenvalue weighted by Crippen LogP contribution is 2.31. The molecule has 0 spiro atoms. The molecule has 0 heterocycles. The Morgan fingerprint density at radius 2 is 1.72 bits per heavy atom. The van der Waals surface area contributed by atoms with Crippen LogP contribution in [0.2, 0.25) is 0 Å². The molecule has 0 fully saturated rings. The SMILES string of the molecule is COCOc1cc(-c2ccc(N)cc2)ccc1Br. The summed E-state index contributed by atoms with van der Waals surface area (Å²) >= 11 is 3.44. The van der Waals surface area contributed by atoms with E-state index >= 15 is 0 Å². The van der Waals surface area contributed by atoms with Crippen LogP contribution in [0.1, 0.15) is 0 Å². The third-order valence-corrected chi connectivity index (χ3v) is 3.16. The molecule has 0 amide bonds. The van der Waals surface area contributed by atoms with Crippen molar-refractivity contribution >= 4 is 21.6 Å². The average Bonchev–Trinajstić information content (AvgIpc) is 2.39. The van der Waals surface area contributed by atoms with Crippen molar-refractivity contribution in [1.82, 2.24) is 0 Å². The van der Waals surface area contributed by atoms with Crippen LogP contribution < -0.4 is 10.5 Å². The third kappa shape index (κ3) is 3.03. The maximum atomic E-state index is 5.68. The summed E-state index contributed by atoms with van der Waals surface area (Å²) in [4.78, 5) is 0. The number of ether oxygens (including phenoxy) is 2. The fraction of sp³-hybridized carbons (Fsp3) is 0.143. The normalized spacial score (nSPS) is 10.3. The Bertz CT molecular complexity index is 526. The third-order valence-electron chi connectivity index (χ3n) is 2.51. The minimum Gasteiger partial charge on any atom is -0.466 e. The lowest BCUT2D eigenvalue weighted by molar-refractivity contribution is 0.0506. The molecule has 94 valence electrons. The molecule has 0 aromatic heterocycles. The van der Waals surface area contributed by atoms with E-state index in [2.05, 4.69) is 15.9 Å². The van der Waals surface area contributed by atoms with Gasteiger partial charge in [0.2, 0.25) is 0 Å². The summed E-state index contributed by atoms with van der Waals surface area (Å²) < 4.78 is 11.3. The van der Waals surface area contributed by atoms with E-state index in [1.54, 1.807) is 7.11 Å². The van der Waals surface area contributed by atoms with E-state index in [0.29, 0.717) is 0 Å². The fourth-order valence-corrected chi connectivity index (χ4v) is 1.95. The highest BCUT2D eigenvalue weighted by molar-refractivity contribution is 9.10. The van der Waals surface area contributed by atoms with Crippen molar-refractivity contribution in [3.05, 3.63) is 46.9 Å². The molecule has 2 aromatic rings. The first-order valence-corrected chi connectivity index (χ1v) is 6.27. The molecule has 0 bridgehead atoms. The zero-order valence-corrected chi connectivity index (χ0v) is 11.6. The van der Waals surface area contributed by atoms with E-state index in [9.17, 15) is 0 Å². The Kier molecular flexibility index (Phi) is 4.23. The molecule has 0 radical (unpaired) electrons. The number of anilines is 1. The van der Waals surface area contributed by atoms with E-state index < -0.39 is 0 Å². The van der Waals surface area contributed by atoms with Crippen molar-refractivity contribution in [1.29, 1.82) is 0 Å². The lowest BCUT2D eigenvalue weighted by atomic mass is 10.1. The van der Waals surface area contributed by atoms with Gasteiger partial charge in [-0.2, -0.15) is 0 Å². The quantitative estimate of drug-likeness (QED) is 0.692. The van der Waals surface area contributed by atoms with Gasteiger partial charge in [0, 0.05) is 12.8 Å². The average molecular weight is 308 g/mol. The Morgan fingerprint density at radius 3 is 2.39 bits per heavy atom. The molecule has 0 aliphatic heterocycles. The zero-order valence-electron chi connectivity index (χ0n) is 10.0. The van der Waals surface area contributed by atoms with E-state index in [-0.39, 0.29) is 6.79 Å². The van der Waals surface area contributed by atoms with Gasteiger partial charge in [0.05, 0.1) is 4.47 Å². The predicted octanol–water partition coefficient (Wildman–Crippen LogP) is 3.68. The molecule has 3 nitrogen and oxygen atoms in total. The Hall–Kier alpha value is -1.52. The van der Waals surface area contributed by atoms with Gasteiger partial charge in [0.25, 0.3) is 0 Å². The summed E-state index contributed by atoms with van der Waals surface area (Å²) in [5.74, 6) is 0.756. The minimum atomic E-state index is 0.226. The van der Waals surface area contributed by atoms with Gasteiger partial charge in [-0.25, -0.2) is 0 Å². The Balaban J connectivity index is 2.31. The molecular weight excluding hydrogens is 294 g/mol. The molecule has 0 aliphatic carbocycles. The number of benzene rings is 2. The number of rotatable bonds is 4. The predicted molar refractivity (Wildman–Crippen MR) is 76.5 cm³/mol. The summed E-state index contributed by atoms with van der Waals surface area (Å²) in [6.45, 7) is 0.226. The van der Waals surface area contributed by atoms with Crippen molar-refractivity contribution in [2.75, 3.05) is 19.6 Å². The van der Waals surface area contributed by atoms with Crippen LogP contribution in [0.5, 0.6) is 5.75 Å². The van der Waals surface area contributed by atoms with Crippen molar-refractivity contribution in [2.45, 2.75) is 0 Å². The smallest absolute Gasteiger partial charge is 0.188 e. The summed E-state index contributed by atoms with van der Waals surface area (Å²) in [7, 11) is 1.59. The van der Waals surface area contributed by atoms with Gasteiger partial charge in [-0.05, 0) is 51.3 Å². The van der Waals surface area contributed by atoms with E-state index in [1.807, 2.05) is 42.5 Å². The first kappa shape index (κ1) is 12.9. The van der Waals surface area contributed by atoms with Crippen LogP contribution >= 0.6 is 15.9 Å². The van der Waals surface area contributed by atoms with Gasteiger partial charge in [-0.3, -0.25) is 0 Å². The standard InChI is InChI=1S/C14H14BrNO2/c1-17-9-18-14-8-11(4-7-13(14)15)10-2-5-12(16)6-3-10/h2-8H,9,16H2,1H3. The lowest BCUT2D eigenvalue weighted by Crippen LogP contribution is -1.99. The number of methoxy groups -OCH3 is 1. The summed E-state index contributed by atoms with van der Waals surface area (Å²) in [6, 6.07) is 13.7. The van der Waals surface area contributed by atoms with Gasteiger partial charge in [0.15, 0.2) is 6.79 Å². The van der Waals surface area contributed by atoms with Crippen LogP contribution in [-0.4, -0.2) is 13.9 Å². The topological polar surface area (TPSA) is 44.5 Å². The molecule has 2 aromatic carbocycles. The van der Waals surface area contributed by atoms with Crippen molar-refractivity contribution in [3.63, 3.8) is 0 Å². The maximum absolute atomic E-state index is 5.68. The van der Waals surface area contributed by atoms with Crippen LogP contribution in [0.15, 0.2) is 46.9 Å². The van der Waals surface area contributed by atoms with E-state index in [0.717, 1.165) is 27.0 Å². The monoisotopic (exact) mass is 307 g/mol. The molecule has 0 saturated heterocycles. The molecule has 0 aliphatic rings. The van der Waals surface area contributed by atoms with Crippen LogP contribution in [-0.2, 0) is 4.74 Å². The Labute approximate surface area is 115 Å². The minimum absolute atomic E-state index is 0.226. The second kappa shape index (κ2) is 5.89. The second-order valence-electron chi connectivity index (χ2n) is 3.82. The number of hydrogen-bond acceptors (Lipinski definition) is 3. The highest BCUT2D eigenvalue weighted by atomic mass is 79.9. The number of nitrogens with two attached hydrogens (primary N) is 1. The molecular formula is C14H14BrNO2. The molecule has 2 rings (SSSR count). The maximum Gasteiger partial charge on any atom is 0.188 e. The van der Waals surface area contributed by atoms with Crippen molar-refractivity contribution in [3.8, 4) is 16.9 Å². The largest absolute Gasteiger partial charge is 0.466 e. The van der Waals surface area contributed by atoms with Crippen LogP contribution in [0, 0.1) is 0 Å². The van der Waals surface area contributed by atoms with E-state index in [1.165, 1.54) is 0 Å². The van der Waals surface area contributed by atoms with Crippen LogP contribution in [0.3, 0.4) is 0 Å². The summed E-state index contributed by atoms with van der Waals surface area (Å²) in [6.07, 6.45) is 0. The fourth-order valence-electron chi connectivity index (χ4n) is 1.59. The zero-order chi connectivity index (χ0) is 13.0. The molecule has 0 saturated carbocycles. The van der Waals surface area contributed by atoms with Gasteiger partial charge in [-0.15, -0.1) is 0 Å². The highest BCUT2D eigenvalue weighted by Gasteiger charge is 2.04.